The van der Waals surface area contributed by atoms with Crippen molar-refractivity contribution in [1.29, 1.82) is 0 Å². The number of nitrogens with zero attached hydrogens (tertiary/aromatic N) is 2. The number of benzene rings is 2. The molecule has 2 aromatic rings. The SMILES string of the molecule is CC(C)Oc1ccc(C2=C(N(C)c3ccccc3)C(=O)N(C)C2=O)cc1. The lowest BCUT2D eigenvalue weighted by Crippen LogP contribution is -2.30. The number of ether oxygens (including phenoxy) is 1. The number of amides is 2. The van der Waals surface area contributed by atoms with Crippen molar-refractivity contribution in [2.45, 2.75) is 20.0 Å². The molecule has 0 atom stereocenters. The fourth-order valence-electron chi connectivity index (χ4n) is 2.95. The van der Waals surface area contributed by atoms with Crippen molar-refractivity contribution in [3.8, 4) is 5.75 Å². The van der Waals surface area contributed by atoms with Crippen molar-refractivity contribution in [3.63, 3.8) is 0 Å². The Labute approximate surface area is 153 Å². The van der Waals surface area contributed by atoms with Crippen molar-refractivity contribution >= 4 is 23.1 Å². The number of carbonyl (C=O) groups is 2. The summed E-state index contributed by atoms with van der Waals surface area (Å²) < 4.78 is 5.66. The molecule has 0 bridgehead atoms. The molecule has 3 rings (SSSR count). The van der Waals surface area contributed by atoms with Crippen LogP contribution in [0.15, 0.2) is 60.3 Å². The monoisotopic (exact) mass is 350 g/mol. The lowest BCUT2D eigenvalue weighted by Gasteiger charge is -2.20. The highest BCUT2D eigenvalue weighted by Gasteiger charge is 2.38. The smallest absolute Gasteiger partial charge is 0.277 e. The van der Waals surface area contributed by atoms with Gasteiger partial charge in [0.2, 0.25) is 0 Å². The summed E-state index contributed by atoms with van der Waals surface area (Å²) in [6.07, 6.45) is 0.0701. The molecule has 0 N–H and O–H groups in total. The predicted molar refractivity (Wildman–Crippen MR) is 102 cm³/mol. The van der Waals surface area contributed by atoms with Crippen LogP contribution in [0, 0.1) is 0 Å². The Morgan fingerprint density at radius 3 is 2.12 bits per heavy atom. The molecular formula is C21H22N2O3. The summed E-state index contributed by atoms with van der Waals surface area (Å²) in [7, 11) is 3.30. The molecule has 0 saturated heterocycles. The Bertz CT molecular complexity index is 855. The van der Waals surface area contributed by atoms with E-state index in [9.17, 15) is 9.59 Å². The first-order valence-electron chi connectivity index (χ1n) is 8.52. The topological polar surface area (TPSA) is 49.9 Å². The van der Waals surface area contributed by atoms with Crippen molar-refractivity contribution < 1.29 is 14.3 Å². The van der Waals surface area contributed by atoms with E-state index in [4.69, 9.17) is 4.74 Å². The second-order valence-electron chi connectivity index (χ2n) is 6.48. The molecule has 5 heteroatoms. The molecule has 26 heavy (non-hydrogen) atoms. The normalized spacial score (nSPS) is 14.4. The zero-order valence-corrected chi connectivity index (χ0v) is 15.4. The minimum atomic E-state index is -0.307. The number of rotatable bonds is 5. The molecule has 1 aliphatic heterocycles. The third kappa shape index (κ3) is 3.20. The van der Waals surface area contributed by atoms with Crippen molar-refractivity contribution in [1.82, 2.24) is 4.90 Å². The molecule has 0 aromatic heterocycles. The van der Waals surface area contributed by atoms with Crippen LogP contribution >= 0.6 is 0 Å². The molecule has 2 amide bonds. The van der Waals surface area contributed by atoms with E-state index >= 15 is 0 Å². The Morgan fingerprint density at radius 1 is 0.923 bits per heavy atom. The summed E-state index contributed by atoms with van der Waals surface area (Å²) in [5, 5.41) is 0. The maximum Gasteiger partial charge on any atom is 0.277 e. The standard InChI is InChI=1S/C21H22N2O3/c1-14(2)26-17-12-10-15(11-13-17)18-19(21(25)23(4)20(18)24)22(3)16-8-6-5-7-9-16/h5-14H,1-4H3. The molecule has 1 heterocycles. The fraction of sp³-hybridized carbons (Fsp3) is 0.238. The Balaban J connectivity index is 2.06. The molecular weight excluding hydrogens is 328 g/mol. The first kappa shape index (κ1) is 17.7. The maximum atomic E-state index is 12.7. The van der Waals surface area contributed by atoms with Crippen LogP contribution in [0.25, 0.3) is 5.57 Å². The number of anilines is 1. The lowest BCUT2D eigenvalue weighted by molar-refractivity contribution is -0.135. The third-order valence-electron chi connectivity index (χ3n) is 4.26. The van der Waals surface area contributed by atoms with Gasteiger partial charge in [0.05, 0.1) is 11.7 Å². The Morgan fingerprint density at radius 2 is 1.54 bits per heavy atom. The van der Waals surface area contributed by atoms with Crippen molar-refractivity contribution in [3.05, 3.63) is 65.9 Å². The minimum absolute atomic E-state index is 0.0701. The van der Waals surface area contributed by atoms with Crippen LogP contribution < -0.4 is 9.64 Å². The average molecular weight is 350 g/mol. The average Bonchev–Trinajstić information content (AvgIpc) is 2.86. The molecule has 134 valence electrons. The third-order valence-corrected chi connectivity index (χ3v) is 4.26. The van der Waals surface area contributed by atoms with Gasteiger partial charge in [0.15, 0.2) is 0 Å². The molecule has 0 saturated carbocycles. The largest absolute Gasteiger partial charge is 0.491 e. The summed E-state index contributed by atoms with van der Waals surface area (Å²) in [5.74, 6) is 0.122. The summed E-state index contributed by atoms with van der Waals surface area (Å²) in [4.78, 5) is 28.3. The van der Waals surface area contributed by atoms with Crippen LogP contribution in [-0.2, 0) is 9.59 Å². The van der Waals surface area contributed by atoms with Gasteiger partial charge in [-0.3, -0.25) is 14.5 Å². The van der Waals surface area contributed by atoms with Gasteiger partial charge in [-0.1, -0.05) is 30.3 Å². The van der Waals surface area contributed by atoms with E-state index < -0.39 is 0 Å². The molecule has 0 aliphatic carbocycles. The van der Waals surface area contributed by atoms with E-state index in [0.29, 0.717) is 16.8 Å². The van der Waals surface area contributed by atoms with Gasteiger partial charge in [0.1, 0.15) is 11.4 Å². The van der Waals surface area contributed by atoms with Gasteiger partial charge in [-0.05, 0) is 43.7 Å². The van der Waals surface area contributed by atoms with Gasteiger partial charge in [0, 0.05) is 19.8 Å². The molecule has 5 nitrogen and oxygen atoms in total. The molecule has 0 spiro atoms. The van der Waals surface area contributed by atoms with Crippen LogP contribution in [0.2, 0.25) is 0 Å². The van der Waals surface area contributed by atoms with Gasteiger partial charge < -0.3 is 9.64 Å². The van der Waals surface area contributed by atoms with Crippen LogP contribution in [0.4, 0.5) is 5.69 Å². The van der Waals surface area contributed by atoms with E-state index in [1.807, 2.05) is 68.4 Å². The van der Waals surface area contributed by atoms with E-state index in [1.54, 1.807) is 11.9 Å². The summed E-state index contributed by atoms with van der Waals surface area (Å²) in [5.41, 5.74) is 2.32. The number of imide groups is 1. The van der Waals surface area contributed by atoms with Gasteiger partial charge in [0.25, 0.3) is 11.8 Å². The first-order valence-corrected chi connectivity index (χ1v) is 8.52. The molecule has 0 fully saturated rings. The summed E-state index contributed by atoms with van der Waals surface area (Å²) >= 11 is 0. The Kier molecular flexibility index (Phi) is 4.80. The van der Waals surface area contributed by atoms with Crippen molar-refractivity contribution in [2.24, 2.45) is 0 Å². The van der Waals surface area contributed by atoms with Crippen LogP contribution in [0.3, 0.4) is 0 Å². The van der Waals surface area contributed by atoms with Gasteiger partial charge >= 0.3 is 0 Å². The highest BCUT2D eigenvalue weighted by Crippen LogP contribution is 2.33. The molecule has 0 radical (unpaired) electrons. The van der Waals surface area contributed by atoms with Crippen LogP contribution in [0.5, 0.6) is 5.75 Å². The van der Waals surface area contributed by atoms with E-state index in [2.05, 4.69) is 0 Å². The van der Waals surface area contributed by atoms with E-state index in [1.165, 1.54) is 7.05 Å². The predicted octanol–water partition coefficient (Wildman–Crippen LogP) is 3.32. The number of hydrogen-bond acceptors (Lipinski definition) is 4. The molecule has 2 aromatic carbocycles. The number of para-hydroxylation sites is 1. The first-order chi connectivity index (χ1) is 12.4. The van der Waals surface area contributed by atoms with Gasteiger partial charge in [-0.15, -0.1) is 0 Å². The second-order valence-corrected chi connectivity index (χ2v) is 6.48. The second kappa shape index (κ2) is 7.04. The minimum Gasteiger partial charge on any atom is -0.491 e. The zero-order valence-electron chi connectivity index (χ0n) is 15.4. The molecule has 0 unspecified atom stereocenters. The van der Waals surface area contributed by atoms with E-state index in [0.717, 1.165) is 16.3 Å². The summed E-state index contributed by atoms with van der Waals surface area (Å²) in [6.45, 7) is 3.91. The van der Waals surface area contributed by atoms with Crippen LogP contribution in [-0.4, -0.2) is 36.9 Å². The highest BCUT2D eigenvalue weighted by atomic mass is 16.5. The quantitative estimate of drug-likeness (QED) is 0.776. The molecule has 1 aliphatic rings. The number of hydrogen-bond donors (Lipinski definition) is 0. The number of likely N-dealkylation sites (N-methyl/N-ethyl adjacent to an activating group) is 2. The van der Waals surface area contributed by atoms with Crippen molar-refractivity contribution in [2.75, 3.05) is 19.0 Å². The number of carbonyl (C=O) groups excluding carboxylic acids is 2. The highest BCUT2D eigenvalue weighted by molar-refractivity contribution is 6.36. The lowest BCUT2D eigenvalue weighted by atomic mass is 10.0. The van der Waals surface area contributed by atoms with Crippen LogP contribution in [0.1, 0.15) is 19.4 Å². The summed E-state index contributed by atoms with van der Waals surface area (Å²) in [6, 6.07) is 16.8. The Hall–Kier alpha value is -3.08. The zero-order chi connectivity index (χ0) is 18.8. The van der Waals surface area contributed by atoms with Gasteiger partial charge in [-0.25, -0.2) is 0 Å². The van der Waals surface area contributed by atoms with E-state index in [-0.39, 0.29) is 17.9 Å². The maximum absolute atomic E-state index is 12.7. The fourth-order valence-corrected chi connectivity index (χ4v) is 2.95. The van der Waals surface area contributed by atoms with Gasteiger partial charge in [-0.2, -0.15) is 0 Å².